The van der Waals surface area contributed by atoms with E-state index >= 15 is 0 Å². The van der Waals surface area contributed by atoms with Crippen molar-refractivity contribution in [3.05, 3.63) is 24.7 Å². The van der Waals surface area contributed by atoms with Crippen LogP contribution in [0.3, 0.4) is 0 Å². The van der Waals surface area contributed by atoms with E-state index in [0.29, 0.717) is 0 Å². The van der Waals surface area contributed by atoms with Crippen molar-refractivity contribution in [2.24, 2.45) is 0 Å². The Morgan fingerprint density at radius 3 is 3.00 bits per heavy atom. The summed E-state index contributed by atoms with van der Waals surface area (Å²) in [5, 5.41) is 0.808. The topological polar surface area (TPSA) is 32.3 Å². The Kier molecular flexibility index (Phi) is 3.12. The molecule has 14 heavy (non-hydrogen) atoms. The van der Waals surface area contributed by atoms with Crippen LogP contribution in [0.1, 0.15) is 0 Å². The zero-order valence-electron chi connectivity index (χ0n) is 7.59. The van der Waals surface area contributed by atoms with Gasteiger partial charge in [-0.1, -0.05) is 11.8 Å². The first kappa shape index (κ1) is 10.0. The summed E-state index contributed by atoms with van der Waals surface area (Å²) in [4.78, 5) is 10.6. The molecule has 1 aromatic heterocycles. The largest absolute Gasteiger partial charge is 0.312 e. The highest BCUT2D eigenvalue weighted by atomic mass is 127. The van der Waals surface area contributed by atoms with Gasteiger partial charge in [0.15, 0.2) is 5.16 Å². The molecule has 0 N–H and O–H groups in total. The predicted octanol–water partition coefficient (Wildman–Crippen LogP) is 2.10. The zero-order valence-corrected chi connectivity index (χ0v) is 10.6. The molecule has 6 heteroatoms. The third kappa shape index (κ3) is 2.11. The van der Waals surface area contributed by atoms with Crippen molar-refractivity contribution in [3.8, 4) is 0 Å². The fourth-order valence-electron chi connectivity index (χ4n) is 1.13. The van der Waals surface area contributed by atoms with E-state index in [1.165, 1.54) is 0 Å². The molecule has 0 radical (unpaired) electrons. The number of aromatic nitrogens is 2. The van der Waals surface area contributed by atoms with E-state index < -0.39 is 0 Å². The fourth-order valence-corrected chi connectivity index (χ4v) is 1.96. The Hall–Kier alpha value is -0.500. The van der Waals surface area contributed by atoms with Gasteiger partial charge in [0.05, 0.1) is 22.9 Å². The number of halogens is 1. The molecule has 1 aromatic rings. The van der Waals surface area contributed by atoms with Gasteiger partial charge in [0.25, 0.3) is 0 Å². The summed E-state index contributed by atoms with van der Waals surface area (Å²) < 4.78 is 2.07. The number of rotatable bonds is 2. The maximum atomic E-state index is 4.40. The van der Waals surface area contributed by atoms with E-state index in [9.17, 15) is 0 Å². The summed E-state index contributed by atoms with van der Waals surface area (Å²) in [6.45, 7) is 0.839. The van der Waals surface area contributed by atoms with Crippen LogP contribution in [-0.2, 0) is 0 Å². The SMILES string of the molecule is CSc1nccc(N2C=CN(I)C2)n1. The van der Waals surface area contributed by atoms with Crippen molar-refractivity contribution in [2.45, 2.75) is 5.16 Å². The molecule has 0 aromatic carbocycles. The van der Waals surface area contributed by atoms with E-state index in [2.05, 4.69) is 40.8 Å². The van der Waals surface area contributed by atoms with Gasteiger partial charge in [-0.15, -0.1) is 0 Å². The Balaban J connectivity index is 2.20. The predicted molar refractivity (Wildman–Crippen MR) is 66.2 cm³/mol. The molecule has 0 bridgehead atoms. The molecule has 1 aliphatic heterocycles. The van der Waals surface area contributed by atoms with Crippen LogP contribution >= 0.6 is 34.6 Å². The average molecular weight is 320 g/mol. The van der Waals surface area contributed by atoms with E-state index in [-0.39, 0.29) is 0 Å². The number of hydrogen-bond donors (Lipinski definition) is 0. The lowest BCUT2D eigenvalue weighted by Gasteiger charge is -2.15. The zero-order chi connectivity index (χ0) is 9.97. The van der Waals surface area contributed by atoms with Crippen LogP contribution in [0, 0.1) is 0 Å². The Labute approximate surface area is 101 Å². The lowest BCUT2D eigenvalue weighted by Crippen LogP contribution is -2.19. The number of hydrogen-bond acceptors (Lipinski definition) is 5. The second kappa shape index (κ2) is 4.35. The molecule has 0 unspecified atom stereocenters. The smallest absolute Gasteiger partial charge is 0.189 e. The van der Waals surface area contributed by atoms with Crippen molar-refractivity contribution in [1.29, 1.82) is 0 Å². The summed E-state index contributed by atoms with van der Waals surface area (Å²) >= 11 is 3.80. The molecule has 0 aliphatic carbocycles. The normalized spacial score (nSPS) is 15.3. The maximum Gasteiger partial charge on any atom is 0.189 e. The molecule has 0 amide bonds. The molecule has 0 atom stereocenters. The lowest BCUT2D eigenvalue weighted by atomic mass is 10.5. The molecule has 0 saturated carbocycles. The summed E-state index contributed by atoms with van der Waals surface area (Å²) in [6.07, 6.45) is 7.79. The monoisotopic (exact) mass is 320 g/mol. The first-order valence-electron chi connectivity index (χ1n) is 4.04. The fraction of sp³-hybridized carbons (Fsp3) is 0.250. The molecule has 74 valence electrons. The quantitative estimate of drug-likeness (QED) is 0.361. The van der Waals surface area contributed by atoms with E-state index in [1.54, 1.807) is 18.0 Å². The van der Waals surface area contributed by atoms with Crippen LogP contribution in [-0.4, -0.2) is 26.0 Å². The lowest BCUT2D eigenvalue weighted by molar-refractivity contribution is 0.706. The van der Waals surface area contributed by atoms with Gasteiger partial charge in [-0.2, -0.15) is 0 Å². The van der Waals surface area contributed by atoms with Crippen LogP contribution in [0.5, 0.6) is 0 Å². The number of nitrogens with zero attached hydrogens (tertiary/aromatic N) is 4. The van der Waals surface area contributed by atoms with Crippen molar-refractivity contribution in [2.75, 3.05) is 17.8 Å². The van der Waals surface area contributed by atoms with Gasteiger partial charge in [0, 0.05) is 18.6 Å². The highest BCUT2D eigenvalue weighted by Gasteiger charge is 2.12. The van der Waals surface area contributed by atoms with Crippen LogP contribution in [0.2, 0.25) is 0 Å². The molecule has 4 nitrogen and oxygen atoms in total. The van der Waals surface area contributed by atoms with Crippen molar-refractivity contribution in [3.63, 3.8) is 0 Å². The standard InChI is InChI=1S/C8H9IN4S/c1-14-8-10-3-2-7(11-8)12-4-5-13(9)6-12/h2-5H,6H2,1H3. The highest BCUT2D eigenvalue weighted by molar-refractivity contribution is 14.1. The van der Waals surface area contributed by atoms with Gasteiger partial charge < -0.3 is 8.01 Å². The number of thioether (sulfide) groups is 1. The van der Waals surface area contributed by atoms with Crippen LogP contribution < -0.4 is 4.90 Å². The van der Waals surface area contributed by atoms with Crippen molar-refractivity contribution >= 4 is 40.4 Å². The molecule has 2 rings (SSSR count). The second-order valence-corrected chi connectivity index (χ2v) is 4.72. The average Bonchev–Trinajstić information content (AvgIpc) is 2.65. The second-order valence-electron chi connectivity index (χ2n) is 2.71. The van der Waals surface area contributed by atoms with Gasteiger partial charge in [0.2, 0.25) is 0 Å². The van der Waals surface area contributed by atoms with Gasteiger partial charge in [-0.05, 0) is 12.3 Å². The minimum Gasteiger partial charge on any atom is -0.312 e. The van der Waals surface area contributed by atoms with Gasteiger partial charge >= 0.3 is 0 Å². The molecule has 2 heterocycles. The summed E-state index contributed by atoms with van der Waals surface area (Å²) in [5.74, 6) is 0.944. The molecule has 1 aliphatic rings. The Morgan fingerprint density at radius 1 is 1.50 bits per heavy atom. The molecular formula is C8H9IN4S. The van der Waals surface area contributed by atoms with Crippen LogP contribution in [0.15, 0.2) is 29.8 Å². The minimum atomic E-state index is 0.808. The third-order valence-electron chi connectivity index (χ3n) is 1.79. The van der Waals surface area contributed by atoms with E-state index in [4.69, 9.17) is 0 Å². The highest BCUT2D eigenvalue weighted by Crippen LogP contribution is 2.20. The van der Waals surface area contributed by atoms with E-state index in [0.717, 1.165) is 17.6 Å². The van der Waals surface area contributed by atoms with Crippen LogP contribution in [0.4, 0.5) is 5.82 Å². The van der Waals surface area contributed by atoms with Crippen LogP contribution in [0.25, 0.3) is 0 Å². The van der Waals surface area contributed by atoms with Gasteiger partial charge in [0.1, 0.15) is 12.5 Å². The molecule has 0 fully saturated rings. The molecular weight excluding hydrogens is 311 g/mol. The van der Waals surface area contributed by atoms with Gasteiger partial charge in [-0.3, -0.25) is 0 Å². The Bertz CT molecular complexity index is 357. The first-order chi connectivity index (χ1) is 6.79. The molecule has 0 saturated heterocycles. The van der Waals surface area contributed by atoms with E-state index in [1.807, 2.05) is 24.7 Å². The first-order valence-corrected chi connectivity index (χ1v) is 6.23. The number of anilines is 1. The van der Waals surface area contributed by atoms with Gasteiger partial charge in [-0.25, -0.2) is 9.97 Å². The third-order valence-corrected chi connectivity index (χ3v) is 2.98. The van der Waals surface area contributed by atoms with Crippen molar-refractivity contribution in [1.82, 2.24) is 13.1 Å². The Morgan fingerprint density at radius 2 is 2.36 bits per heavy atom. The summed E-state index contributed by atoms with van der Waals surface area (Å²) in [7, 11) is 0. The minimum absolute atomic E-state index is 0.808. The van der Waals surface area contributed by atoms with Crippen molar-refractivity contribution < 1.29 is 0 Å². The maximum absolute atomic E-state index is 4.40. The summed E-state index contributed by atoms with van der Waals surface area (Å²) in [6, 6.07) is 1.92. The molecule has 0 spiro atoms. The summed E-state index contributed by atoms with van der Waals surface area (Å²) in [5.41, 5.74) is 0.